The standard InChI is InChI=1S/C24H19Cl2NO2S2/c1-2-3-5-15-8-10-16(11-9-15)27-23(28)21(31-24(27)30)14-17-12-13-20(29-17)22-18(25)6-4-7-19(22)26/h4,6-14H,2-3,5H2,1H3. The number of carbonyl (C=O) groups is 1. The summed E-state index contributed by atoms with van der Waals surface area (Å²) in [6, 6.07) is 16.9. The molecule has 0 unspecified atom stereocenters. The smallest absolute Gasteiger partial charge is 0.270 e. The number of benzene rings is 2. The van der Waals surface area contributed by atoms with Gasteiger partial charge in [0.2, 0.25) is 0 Å². The summed E-state index contributed by atoms with van der Waals surface area (Å²) in [5.41, 5.74) is 2.66. The zero-order valence-corrected chi connectivity index (χ0v) is 19.9. The first-order valence-electron chi connectivity index (χ1n) is 9.89. The van der Waals surface area contributed by atoms with E-state index in [0.29, 0.717) is 36.4 Å². The van der Waals surface area contributed by atoms with Gasteiger partial charge in [0.15, 0.2) is 4.32 Å². The Hall–Kier alpha value is -2.05. The van der Waals surface area contributed by atoms with Crippen molar-refractivity contribution in [3.05, 3.63) is 80.9 Å². The summed E-state index contributed by atoms with van der Waals surface area (Å²) < 4.78 is 6.40. The lowest BCUT2D eigenvalue weighted by Gasteiger charge is -2.15. The molecule has 31 heavy (non-hydrogen) atoms. The van der Waals surface area contributed by atoms with E-state index in [1.54, 1.807) is 41.3 Å². The Labute approximate surface area is 201 Å². The quantitative estimate of drug-likeness (QED) is 0.260. The van der Waals surface area contributed by atoms with E-state index in [4.69, 9.17) is 39.8 Å². The highest BCUT2D eigenvalue weighted by Gasteiger charge is 2.33. The number of hydrogen-bond donors (Lipinski definition) is 0. The fraction of sp³-hybridized carbons (Fsp3) is 0.167. The Morgan fingerprint density at radius 1 is 1.06 bits per heavy atom. The number of rotatable bonds is 6. The van der Waals surface area contributed by atoms with Gasteiger partial charge in [-0.25, -0.2) is 0 Å². The Morgan fingerprint density at radius 2 is 1.77 bits per heavy atom. The van der Waals surface area contributed by atoms with Crippen LogP contribution in [0.3, 0.4) is 0 Å². The first-order valence-corrected chi connectivity index (χ1v) is 11.9. The van der Waals surface area contributed by atoms with E-state index in [2.05, 4.69) is 19.1 Å². The zero-order valence-electron chi connectivity index (χ0n) is 16.7. The molecule has 1 aliphatic rings. The van der Waals surface area contributed by atoms with Gasteiger partial charge in [-0.3, -0.25) is 9.69 Å². The van der Waals surface area contributed by atoms with Crippen molar-refractivity contribution in [3.8, 4) is 11.3 Å². The molecule has 1 fully saturated rings. The van der Waals surface area contributed by atoms with Gasteiger partial charge >= 0.3 is 0 Å². The molecule has 1 aliphatic heterocycles. The lowest BCUT2D eigenvalue weighted by molar-refractivity contribution is -0.113. The summed E-state index contributed by atoms with van der Waals surface area (Å²) in [5.74, 6) is 0.909. The molecule has 2 heterocycles. The highest BCUT2D eigenvalue weighted by atomic mass is 35.5. The van der Waals surface area contributed by atoms with Crippen LogP contribution in [0.25, 0.3) is 17.4 Å². The molecule has 1 aromatic heterocycles. The number of anilines is 1. The second-order valence-electron chi connectivity index (χ2n) is 7.09. The SMILES string of the molecule is CCCCc1ccc(N2C(=O)C(=Cc3ccc(-c4c(Cl)cccc4Cl)o3)SC2=S)cc1. The largest absolute Gasteiger partial charge is 0.457 e. The van der Waals surface area contributed by atoms with Crippen LogP contribution in [0.15, 0.2) is 63.9 Å². The Kier molecular flexibility index (Phi) is 6.87. The molecule has 158 valence electrons. The first kappa shape index (κ1) is 22.2. The summed E-state index contributed by atoms with van der Waals surface area (Å²) in [4.78, 5) is 15.1. The van der Waals surface area contributed by atoms with Gasteiger partial charge in [0, 0.05) is 6.08 Å². The molecule has 1 amide bonds. The van der Waals surface area contributed by atoms with Crippen molar-refractivity contribution in [2.45, 2.75) is 26.2 Å². The fourth-order valence-electron chi connectivity index (χ4n) is 3.31. The number of thioether (sulfide) groups is 1. The summed E-state index contributed by atoms with van der Waals surface area (Å²) in [6.45, 7) is 2.17. The second kappa shape index (κ2) is 9.61. The second-order valence-corrected chi connectivity index (χ2v) is 9.58. The minimum Gasteiger partial charge on any atom is -0.457 e. The van der Waals surface area contributed by atoms with E-state index in [1.165, 1.54) is 17.3 Å². The van der Waals surface area contributed by atoms with E-state index < -0.39 is 0 Å². The van der Waals surface area contributed by atoms with Crippen molar-refractivity contribution in [1.82, 2.24) is 0 Å². The van der Waals surface area contributed by atoms with Gasteiger partial charge in [-0.05, 0) is 54.8 Å². The molecular formula is C24H19Cl2NO2S2. The number of unbranched alkanes of at least 4 members (excludes halogenated alkanes) is 1. The predicted octanol–water partition coefficient (Wildman–Crippen LogP) is 8.00. The van der Waals surface area contributed by atoms with Gasteiger partial charge in [-0.2, -0.15) is 0 Å². The topological polar surface area (TPSA) is 33.5 Å². The van der Waals surface area contributed by atoms with Crippen molar-refractivity contribution in [2.24, 2.45) is 0 Å². The third kappa shape index (κ3) is 4.75. The van der Waals surface area contributed by atoms with Crippen LogP contribution >= 0.6 is 47.2 Å². The maximum absolute atomic E-state index is 13.0. The maximum Gasteiger partial charge on any atom is 0.270 e. The molecule has 4 rings (SSSR count). The molecule has 3 aromatic rings. The molecule has 0 N–H and O–H groups in total. The summed E-state index contributed by atoms with van der Waals surface area (Å²) in [5, 5.41) is 1.00. The van der Waals surface area contributed by atoms with Crippen LogP contribution in [0, 0.1) is 0 Å². The molecule has 0 aliphatic carbocycles. The number of hydrogen-bond acceptors (Lipinski definition) is 4. The fourth-order valence-corrected chi connectivity index (χ4v) is 5.17. The Morgan fingerprint density at radius 3 is 2.45 bits per heavy atom. The molecule has 0 atom stereocenters. The van der Waals surface area contributed by atoms with Gasteiger partial charge < -0.3 is 4.42 Å². The third-order valence-corrected chi connectivity index (χ3v) is 6.85. The van der Waals surface area contributed by atoms with E-state index in [9.17, 15) is 4.79 Å². The van der Waals surface area contributed by atoms with E-state index in [0.717, 1.165) is 24.9 Å². The monoisotopic (exact) mass is 487 g/mol. The van der Waals surface area contributed by atoms with Crippen LogP contribution < -0.4 is 4.90 Å². The highest BCUT2D eigenvalue weighted by Crippen LogP contribution is 2.38. The summed E-state index contributed by atoms with van der Waals surface area (Å²) in [6.07, 6.45) is 5.03. The summed E-state index contributed by atoms with van der Waals surface area (Å²) in [7, 11) is 0. The molecule has 7 heteroatoms. The Balaban J connectivity index is 1.56. The molecule has 0 radical (unpaired) electrons. The van der Waals surface area contributed by atoms with Gasteiger partial charge in [0.1, 0.15) is 11.5 Å². The Bertz CT molecular complexity index is 1150. The predicted molar refractivity (Wildman–Crippen MR) is 135 cm³/mol. The molecule has 0 spiro atoms. The van der Waals surface area contributed by atoms with Crippen LogP contribution in [0.2, 0.25) is 10.0 Å². The van der Waals surface area contributed by atoms with Crippen molar-refractivity contribution < 1.29 is 9.21 Å². The van der Waals surface area contributed by atoms with Crippen molar-refractivity contribution in [2.75, 3.05) is 4.90 Å². The molecule has 3 nitrogen and oxygen atoms in total. The zero-order chi connectivity index (χ0) is 22.0. The van der Waals surface area contributed by atoms with Crippen molar-refractivity contribution in [3.63, 3.8) is 0 Å². The summed E-state index contributed by atoms with van der Waals surface area (Å²) >= 11 is 19.3. The number of aryl methyl sites for hydroxylation is 1. The number of thiocarbonyl (C=S) groups is 1. The van der Waals surface area contributed by atoms with Crippen LogP contribution in [0.4, 0.5) is 5.69 Å². The van der Waals surface area contributed by atoms with Crippen molar-refractivity contribution >= 4 is 69.2 Å². The minimum absolute atomic E-state index is 0.162. The van der Waals surface area contributed by atoms with E-state index >= 15 is 0 Å². The lowest BCUT2D eigenvalue weighted by atomic mass is 10.1. The number of halogens is 2. The first-order chi connectivity index (χ1) is 15.0. The normalized spacial score (nSPS) is 15.3. The van der Waals surface area contributed by atoms with Gasteiger partial charge in [0.25, 0.3) is 5.91 Å². The van der Waals surface area contributed by atoms with Crippen LogP contribution in [0.5, 0.6) is 0 Å². The van der Waals surface area contributed by atoms with Gasteiger partial charge in [-0.1, -0.05) is 78.7 Å². The molecule has 1 saturated heterocycles. The lowest BCUT2D eigenvalue weighted by Crippen LogP contribution is -2.27. The average Bonchev–Trinajstić information content (AvgIpc) is 3.31. The van der Waals surface area contributed by atoms with Gasteiger partial charge in [0.05, 0.1) is 26.2 Å². The van der Waals surface area contributed by atoms with Crippen LogP contribution in [-0.2, 0) is 11.2 Å². The number of furan rings is 1. The number of nitrogens with zero attached hydrogens (tertiary/aromatic N) is 1. The number of amides is 1. The maximum atomic E-state index is 13.0. The van der Waals surface area contributed by atoms with E-state index in [1.807, 2.05) is 12.1 Å². The van der Waals surface area contributed by atoms with Crippen molar-refractivity contribution in [1.29, 1.82) is 0 Å². The molecular weight excluding hydrogens is 469 g/mol. The van der Waals surface area contributed by atoms with E-state index in [-0.39, 0.29) is 5.91 Å². The molecule has 2 aromatic carbocycles. The third-order valence-electron chi connectivity index (χ3n) is 4.92. The van der Waals surface area contributed by atoms with Gasteiger partial charge in [-0.15, -0.1) is 0 Å². The molecule has 0 saturated carbocycles. The molecule has 0 bridgehead atoms. The minimum atomic E-state index is -0.162. The average molecular weight is 488 g/mol. The van der Waals surface area contributed by atoms with Crippen LogP contribution in [0.1, 0.15) is 31.1 Å². The number of carbonyl (C=O) groups excluding carboxylic acids is 1. The van der Waals surface area contributed by atoms with Crippen LogP contribution in [-0.4, -0.2) is 10.2 Å². The highest BCUT2D eigenvalue weighted by molar-refractivity contribution is 8.27.